The van der Waals surface area contributed by atoms with E-state index in [-0.39, 0.29) is 18.5 Å². The molecule has 0 aromatic heterocycles. The molecule has 0 bridgehead atoms. The van der Waals surface area contributed by atoms with Gasteiger partial charge in [-0.15, -0.1) is 0 Å². The van der Waals surface area contributed by atoms with Crippen LogP contribution < -0.4 is 9.64 Å². The van der Waals surface area contributed by atoms with E-state index in [1.54, 1.807) is 36.3 Å². The van der Waals surface area contributed by atoms with E-state index >= 15 is 0 Å². The number of anilines is 1. The largest absolute Gasteiger partial charge is 0.497 e. The third kappa shape index (κ3) is 3.09. The number of amides is 1. The van der Waals surface area contributed by atoms with Crippen LogP contribution in [0.5, 0.6) is 5.75 Å². The molecule has 2 atom stereocenters. The fourth-order valence-corrected chi connectivity index (χ4v) is 2.21. The number of ether oxygens (including phenoxy) is 3. The quantitative estimate of drug-likeness (QED) is 0.438. The molecule has 7 heteroatoms. The van der Waals surface area contributed by atoms with E-state index in [4.69, 9.17) is 9.47 Å². The van der Waals surface area contributed by atoms with Crippen molar-refractivity contribution in [1.82, 2.24) is 0 Å². The third-order valence-corrected chi connectivity index (χ3v) is 3.40. The first-order valence-corrected chi connectivity index (χ1v) is 6.69. The van der Waals surface area contributed by atoms with Gasteiger partial charge in [-0.1, -0.05) is 0 Å². The Balaban J connectivity index is 2.13. The Morgan fingerprint density at radius 1 is 1.27 bits per heavy atom. The minimum absolute atomic E-state index is 0.0892. The highest BCUT2D eigenvalue weighted by Crippen LogP contribution is 2.30. The number of hydrogen-bond acceptors (Lipinski definition) is 6. The summed E-state index contributed by atoms with van der Waals surface area (Å²) in [5, 5.41) is 0. The van der Waals surface area contributed by atoms with Crippen molar-refractivity contribution in [1.29, 1.82) is 0 Å². The topological polar surface area (TPSA) is 77.4 Å². The Kier molecular flexibility index (Phi) is 5.11. The monoisotopic (exact) mass is 306 g/mol. The van der Waals surface area contributed by atoms with Crippen molar-refractivity contribution in [2.24, 2.45) is 4.99 Å². The standard InChI is InChI=1S/C15H18N2O5/c1-20-11-6-4-10(5-7-11)17-12(14(22-3)15(17)19)8-16-9-13(18)21-2/h4-8,12,14H,9H2,1-3H3/t12-,14+/m0/s1. The van der Waals surface area contributed by atoms with E-state index in [0.29, 0.717) is 11.4 Å². The van der Waals surface area contributed by atoms with Crippen LogP contribution in [0.4, 0.5) is 5.69 Å². The lowest BCUT2D eigenvalue weighted by molar-refractivity contribution is -0.138. The van der Waals surface area contributed by atoms with Crippen LogP contribution in [0.25, 0.3) is 0 Å². The molecule has 7 nitrogen and oxygen atoms in total. The van der Waals surface area contributed by atoms with Crippen molar-refractivity contribution in [3.05, 3.63) is 24.3 Å². The zero-order chi connectivity index (χ0) is 16.1. The lowest BCUT2D eigenvalue weighted by Crippen LogP contribution is -2.66. The minimum Gasteiger partial charge on any atom is -0.497 e. The maximum absolute atomic E-state index is 12.1. The zero-order valence-electron chi connectivity index (χ0n) is 12.7. The molecule has 22 heavy (non-hydrogen) atoms. The molecule has 1 amide bonds. The second-order valence-electron chi connectivity index (χ2n) is 4.62. The average Bonchev–Trinajstić information content (AvgIpc) is 2.55. The van der Waals surface area contributed by atoms with E-state index in [1.165, 1.54) is 20.4 Å². The molecule has 1 fully saturated rings. The Labute approximate surface area is 128 Å². The van der Waals surface area contributed by atoms with Gasteiger partial charge in [-0.2, -0.15) is 0 Å². The Hall–Kier alpha value is -2.41. The summed E-state index contributed by atoms with van der Waals surface area (Å²) in [4.78, 5) is 28.8. The number of carbonyl (C=O) groups excluding carboxylic acids is 2. The number of esters is 1. The van der Waals surface area contributed by atoms with Gasteiger partial charge < -0.3 is 14.2 Å². The highest BCUT2D eigenvalue weighted by Gasteiger charge is 2.47. The van der Waals surface area contributed by atoms with Gasteiger partial charge in [0, 0.05) is 19.0 Å². The van der Waals surface area contributed by atoms with Crippen molar-refractivity contribution in [3.8, 4) is 5.75 Å². The smallest absolute Gasteiger partial charge is 0.327 e. The van der Waals surface area contributed by atoms with Gasteiger partial charge in [0.1, 0.15) is 18.3 Å². The predicted molar refractivity (Wildman–Crippen MR) is 80.4 cm³/mol. The maximum atomic E-state index is 12.1. The highest BCUT2D eigenvalue weighted by atomic mass is 16.5. The molecule has 1 heterocycles. The number of hydrogen-bond donors (Lipinski definition) is 0. The summed E-state index contributed by atoms with van der Waals surface area (Å²) in [5.41, 5.74) is 0.716. The molecule has 1 aromatic rings. The number of methoxy groups -OCH3 is 3. The van der Waals surface area contributed by atoms with Gasteiger partial charge >= 0.3 is 5.97 Å². The first-order chi connectivity index (χ1) is 10.6. The van der Waals surface area contributed by atoms with E-state index in [9.17, 15) is 9.59 Å². The number of β-lactam (4-membered cyclic amide) rings is 1. The molecule has 0 N–H and O–H groups in total. The number of rotatable bonds is 6. The van der Waals surface area contributed by atoms with Gasteiger partial charge in [0.15, 0.2) is 6.10 Å². The van der Waals surface area contributed by atoms with Crippen LogP contribution in [0.2, 0.25) is 0 Å². The van der Waals surface area contributed by atoms with Crippen LogP contribution in [-0.2, 0) is 19.1 Å². The van der Waals surface area contributed by atoms with Gasteiger partial charge in [0.2, 0.25) is 0 Å². The summed E-state index contributed by atoms with van der Waals surface area (Å²) >= 11 is 0. The van der Waals surface area contributed by atoms with Crippen molar-refractivity contribution < 1.29 is 23.8 Å². The second kappa shape index (κ2) is 7.04. The molecule has 0 unspecified atom stereocenters. The Morgan fingerprint density at radius 2 is 1.95 bits per heavy atom. The SMILES string of the molecule is COC(=O)CN=C[C@H]1[C@@H](OC)C(=O)N1c1ccc(OC)cc1. The molecule has 0 radical (unpaired) electrons. The summed E-state index contributed by atoms with van der Waals surface area (Å²) < 4.78 is 14.8. The summed E-state index contributed by atoms with van der Waals surface area (Å²) in [6.45, 7) is -0.0892. The molecule has 0 saturated carbocycles. The number of benzene rings is 1. The summed E-state index contributed by atoms with van der Waals surface area (Å²) in [6, 6.07) is 6.75. The van der Waals surface area contributed by atoms with Crippen molar-refractivity contribution in [2.45, 2.75) is 12.1 Å². The first-order valence-electron chi connectivity index (χ1n) is 6.69. The molecule has 2 rings (SSSR count). The second-order valence-corrected chi connectivity index (χ2v) is 4.62. The van der Waals surface area contributed by atoms with Crippen LogP contribution in [0.3, 0.4) is 0 Å². The van der Waals surface area contributed by atoms with Crippen molar-refractivity contribution in [2.75, 3.05) is 32.8 Å². The molecule has 1 saturated heterocycles. The fourth-order valence-electron chi connectivity index (χ4n) is 2.21. The molecular formula is C15H18N2O5. The molecule has 0 spiro atoms. The lowest BCUT2D eigenvalue weighted by atomic mass is 9.97. The van der Waals surface area contributed by atoms with Gasteiger partial charge in [-0.25, -0.2) is 0 Å². The third-order valence-electron chi connectivity index (χ3n) is 3.40. The normalized spacial score (nSPS) is 20.9. The fraction of sp³-hybridized carbons (Fsp3) is 0.400. The Bertz CT molecular complexity index is 570. The molecule has 0 aliphatic carbocycles. The minimum atomic E-state index is -0.594. The summed E-state index contributed by atoms with van der Waals surface area (Å²) in [7, 11) is 4.34. The van der Waals surface area contributed by atoms with Crippen LogP contribution in [0.1, 0.15) is 0 Å². The van der Waals surface area contributed by atoms with Crippen LogP contribution in [0.15, 0.2) is 29.3 Å². The zero-order valence-corrected chi connectivity index (χ0v) is 12.7. The average molecular weight is 306 g/mol. The first kappa shape index (κ1) is 16.0. The van der Waals surface area contributed by atoms with Gasteiger partial charge in [0.05, 0.1) is 14.2 Å². The van der Waals surface area contributed by atoms with E-state index in [2.05, 4.69) is 9.73 Å². The highest BCUT2D eigenvalue weighted by molar-refractivity contribution is 6.10. The number of aliphatic imine (C=N–C) groups is 1. The van der Waals surface area contributed by atoms with Crippen LogP contribution >= 0.6 is 0 Å². The van der Waals surface area contributed by atoms with Crippen molar-refractivity contribution in [3.63, 3.8) is 0 Å². The summed E-state index contributed by atoms with van der Waals surface area (Å²) in [5.74, 6) is 0.116. The molecule has 1 aromatic carbocycles. The van der Waals surface area contributed by atoms with Crippen molar-refractivity contribution >= 4 is 23.8 Å². The van der Waals surface area contributed by atoms with Gasteiger partial charge in [-0.3, -0.25) is 19.5 Å². The number of nitrogens with zero attached hydrogens (tertiary/aromatic N) is 2. The summed E-state index contributed by atoms with van der Waals surface area (Å²) in [6.07, 6.45) is 0.944. The van der Waals surface area contributed by atoms with Gasteiger partial charge in [-0.05, 0) is 24.3 Å². The Morgan fingerprint density at radius 3 is 2.50 bits per heavy atom. The lowest BCUT2D eigenvalue weighted by Gasteiger charge is -2.44. The van der Waals surface area contributed by atoms with E-state index in [0.717, 1.165) is 0 Å². The van der Waals surface area contributed by atoms with Gasteiger partial charge in [0.25, 0.3) is 5.91 Å². The maximum Gasteiger partial charge on any atom is 0.327 e. The van der Waals surface area contributed by atoms with Crippen LogP contribution in [-0.4, -0.2) is 58.1 Å². The molecule has 1 aliphatic heterocycles. The number of carbonyl (C=O) groups is 2. The van der Waals surface area contributed by atoms with Crippen LogP contribution in [0, 0.1) is 0 Å². The molecule has 1 aliphatic rings. The van der Waals surface area contributed by atoms with E-state index in [1.807, 2.05) is 0 Å². The predicted octanol–water partition coefficient (Wildman–Crippen LogP) is 0.669. The van der Waals surface area contributed by atoms with E-state index < -0.39 is 12.1 Å². The molecular weight excluding hydrogens is 288 g/mol. The molecule has 118 valence electrons.